The van der Waals surface area contributed by atoms with E-state index in [0.717, 1.165) is 23.6 Å². The van der Waals surface area contributed by atoms with Crippen molar-refractivity contribution in [1.29, 1.82) is 0 Å². The van der Waals surface area contributed by atoms with Gasteiger partial charge in [-0.25, -0.2) is 4.39 Å². The molecule has 11 nitrogen and oxygen atoms in total. The molecule has 190 valence electrons. The summed E-state index contributed by atoms with van der Waals surface area (Å²) in [5, 5.41) is 19.0. The van der Waals surface area contributed by atoms with Gasteiger partial charge in [0.1, 0.15) is 5.82 Å². The second-order valence-electron chi connectivity index (χ2n) is 8.91. The highest BCUT2D eigenvalue weighted by atomic mass is 19.1. The zero-order valence-corrected chi connectivity index (χ0v) is 19.5. The van der Waals surface area contributed by atoms with Gasteiger partial charge >= 0.3 is 5.69 Å². The number of imide groups is 1. The molecule has 2 aromatic rings. The third-order valence-electron chi connectivity index (χ3n) is 6.70. The van der Waals surface area contributed by atoms with E-state index in [9.17, 15) is 28.9 Å². The van der Waals surface area contributed by atoms with Crippen molar-refractivity contribution in [3.8, 4) is 11.5 Å². The van der Waals surface area contributed by atoms with Gasteiger partial charge < -0.3 is 14.8 Å². The third-order valence-corrected chi connectivity index (χ3v) is 6.70. The fourth-order valence-electron chi connectivity index (χ4n) is 5.14. The van der Waals surface area contributed by atoms with Crippen LogP contribution >= 0.6 is 0 Å². The maximum atomic E-state index is 13.3. The Hall–Kier alpha value is -4.61. The van der Waals surface area contributed by atoms with Gasteiger partial charge in [-0.1, -0.05) is 18.2 Å². The molecule has 0 aromatic heterocycles. The average Bonchev–Trinajstić information content (AvgIpc) is 3.55. The number of hydrogen-bond donors (Lipinski definition) is 1. The number of anilines is 1. The number of nitro groups is 1. The second kappa shape index (κ2) is 9.45. The van der Waals surface area contributed by atoms with E-state index in [0.29, 0.717) is 0 Å². The number of carbonyl (C=O) groups excluding carboxylic acids is 3. The second-order valence-corrected chi connectivity index (χ2v) is 8.91. The van der Waals surface area contributed by atoms with Gasteiger partial charge in [-0.15, -0.1) is 0 Å². The first-order valence-corrected chi connectivity index (χ1v) is 11.4. The SMILES string of the molecule is COc1cc(C=NN2C(=O)[C@@H]3[C@H](C2=O)[C@H]2C=C[C@H]3C2)cc([N+](=O)[O-])c1OCC(=O)Nc1cccc(F)c1. The molecule has 1 N–H and O–H groups in total. The highest BCUT2D eigenvalue weighted by molar-refractivity contribution is 6.06. The molecule has 4 atom stereocenters. The van der Waals surface area contributed by atoms with E-state index in [2.05, 4.69) is 10.4 Å². The number of methoxy groups -OCH3 is 1. The first kappa shape index (κ1) is 24.1. The number of nitrogens with zero attached hydrogens (tertiary/aromatic N) is 3. The number of rotatable bonds is 8. The van der Waals surface area contributed by atoms with Crippen molar-refractivity contribution in [3.05, 3.63) is 70.0 Å². The lowest BCUT2D eigenvalue weighted by Crippen LogP contribution is -2.28. The van der Waals surface area contributed by atoms with Crippen LogP contribution in [0.1, 0.15) is 12.0 Å². The van der Waals surface area contributed by atoms with Gasteiger partial charge in [0, 0.05) is 17.3 Å². The Morgan fingerprint density at radius 1 is 1.22 bits per heavy atom. The van der Waals surface area contributed by atoms with Crippen LogP contribution in [0, 0.1) is 39.6 Å². The van der Waals surface area contributed by atoms with Crippen molar-refractivity contribution in [2.45, 2.75) is 6.42 Å². The minimum atomic E-state index is -0.723. The number of carbonyl (C=O) groups is 3. The molecule has 12 heteroatoms. The minimum Gasteiger partial charge on any atom is -0.493 e. The summed E-state index contributed by atoms with van der Waals surface area (Å²) < 4.78 is 23.9. The van der Waals surface area contributed by atoms with Crippen LogP contribution < -0.4 is 14.8 Å². The average molecular weight is 508 g/mol. The normalized spacial score (nSPS) is 23.6. The zero-order chi connectivity index (χ0) is 26.3. The molecule has 0 radical (unpaired) electrons. The van der Waals surface area contributed by atoms with Crippen molar-refractivity contribution in [3.63, 3.8) is 0 Å². The molecule has 3 aliphatic rings. The Bertz CT molecular complexity index is 1340. The van der Waals surface area contributed by atoms with Gasteiger partial charge in [-0.2, -0.15) is 10.1 Å². The summed E-state index contributed by atoms with van der Waals surface area (Å²) in [5.41, 5.74) is -0.142. The number of ether oxygens (including phenoxy) is 2. The molecule has 0 spiro atoms. The molecule has 2 aliphatic carbocycles. The van der Waals surface area contributed by atoms with Crippen LogP contribution in [-0.4, -0.2) is 47.6 Å². The standard InChI is InChI=1S/C25H21FN4O7/c1-36-19-8-13(11-27-29-24(32)21-14-5-6-15(9-14)22(21)25(29)33)7-18(30(34)35)23(19)37-12-20(31)28-17-4-2-3-16(26)10-17/h2-8,10-11,14-15,21-22H,9,12H2,1H3,(H,28,31)/t14-,15-,21-,22+/m0/s1. The summed E-state index contributed by atoms with van der Waals surface area (Å²) in [6.07, 6.45) is 5.89. The molecule has 0 unspecified atom stereocenters. The number of benzene rings is 2. The van der Waals surface area contributed by atoms with Gasteiger partial charge in [-0.05, 0) is 42.5 Å². The van der Waals surface area contributed by atoms with Gasteiger partial charge in [0.15, 0.2) is 12.4 Å². The van der Waals surface area contributed by atoms with E-state index in [1.165, 1.54) is 37.6 Å². The maximum Gasteiger partial charge on any atom is 0.315 e. The molecule has 3 amide bonds. The molecule has 1 aliphatic heterocycles. The molecule has 1 saturated carbocycles. The zero-order valence-electron chi connectivity index (χ0n) is 19.5. The maximum absolute atomic E-state index is 13.3. The van der Waals surface area contributed by atoms with E-state index in [-0.39, 0.29) is 46.4 Å². The quantitative estimate of drug-likeness (QED) is 0.190. The minimum absolute atomic E-state index is 0.0300. The number of nitrogens with one attached hydrogen (secondary N) is 1. The van der Waals surface area contributed by atoms with Crippen LogP contribution in [0.4, 0.5) is 15.8 Å². The predicted octanol–water partition coefficient (Wildman–Crippen LogP) is 2.90. The molecule has 2 aromatic carbocycles. The molecule has 1 saturated heterocycles. The Balaban J connectivity index is 1.33. The lowest BCUT2D eigenvalue weighted by atomic mass is 9.85. The summed E-state index contributed by atoms with van der Waals surface area (Å²) in [6, 6.07) is 7.71. The molecule has 1 heterocycles. The van der Waals surface area contributed by atoms with Gasteiger partial charge in [0.2, 0.25) is 5.75 Å². The van der Waals surface area contributed by atoms with E-state index < -0.39 is 40.8 Å². The van der Waals surface area contributed by atoms with E-state index in [1.54, 1.807) is 0 Å². The number of amides is 3. The van der Waals surface area contributed by atoms with Crippen molar-refractivity contribution in [2.24, 2.45) is 28.8 Å². The summed E-state index contributed by atoms with van der Waals surface area (Å²) >= 11 is 0. The summed E-state index contributed by atoms with van der Waals surface area (Å²) in [6.45, 7) is -0.614. The lowest BCUT2D eigenvalue weighted by Gasteiger charge is -2.13. The van der Waals surface area contributed by atoms with Crippen LogP contribution in [0.15, 0.2) is 53.7 Å². The predicted molar refractivity (Wildman–Crippen MR) is 127 cm³/mol. The van der Waals surface area contributed by atoms with Crippen LogP contribution in [0.25, 0.3) is 0 Å². The Morgan fingerprint density at radius 3 is 2.54 bits per heavy atom. The van der Waals surface area contributed by atoms with E-state index in [4.69, 9.17) is 9.47 Å². The largest absolute Gasteiger partial charge is 0.493 e. The molecule has 2 bridgehead atoms. The number of nitro benzene ring substituents is 1. The van der Waals surface area contributed by atoms with Crippen molar-refractivity contribution in [1.82, 2.24) is 5.01 Å². The number of hydrogen-bond acceptors (Lipinski definition) is 8. The number of hydrazone groups is 1. The highest BCUT2D eigenvalue weighted by Gasteiger charge is 2.59. The summed E-state index contributed by atoms with van der Waals surface area (Å²) in [7, 11) is 1.26. The van der Waals surface area contributed by atoms with Crippen LogP contribution in [0.2, 0.25) is 0 Å². The number of halogens is 1. The number of allylic oxidation sites excluding steroid dienone is 2. The molecule has 2 fully saturated rings. The van der Waals surface area contributed by atoms with Crippen LogP contribution in [-0.2, 0) is 14.4 Å². The van der Waals surface area contributed by atoms with Gasteiger partial charge in [0.05, 0.1) is 30.1 Å². The molecular weight excluding hydrogens is 487 g/mol. The molecule has 37 heavy (non-hydrogen) atoms. The molecule has 5 rings (SSSR count). The first-order valence-electron chi connectivity index (χ1n) is 11.4. The Labute approximate surface area is 209 Å². The van der Waals surface area contributed by atoms with Gasteiger partial charge in [-0.3, -0.25) is 24.5 Å². The summed E-state index contributed by atoms with van der Waals surface area (Å²) in [5.74, 6) is -3.12. The monoisotopic (exact) mass is 508 g/mol. The highest BCUT2D eigenvalue weighted by Crippen LogP contribution is 2.52. The third kappa shape index (κ3) is 4.41. The fraction of sp³-hybridized carbons (Fsp3) is 0.280. The fourth-order valence-corrected chi connectivity index (χ4v) is 5.14. The topological polar surface area (TPSA) is 140 Å². The number of fused-ring (bicyclic) bond motifs is 5. The van der Waals surface area contributed by atoms with Crippen LogP contribution in [0.5, 0.6) is 11.5 Å². The van der Waals surface area contributed by atoms with Crippen molar-refractivity contribution in [2.75, 3.05) is 19.0 Å². The smallest absolute Gasteiger partial charge is 0.315 e. The molecular formula is C25H21FN4O7. The van der Waals surface area contributed by atoms with E-state index in [1.807, 2.05) is 12.2 Å². The Morgan fingerprint density at radius 2 is 1.92 bits per heavy atom. The van der Waals surface area contributed by atoms with Gasteiger partial charge in [0.25, 0.3) is 17.7 Å². The Kier molecular flexibility index (Phi) is 6.15. The van der Waals surface area contributed by atoms with Crippen LogP contribution in [0.3, 0.4) is 0 Å². The van der Waals surface area contributed by atoms with E-state index >= 15 is 0 Å². The lowest BCUT2D eigenvalue weighted by molar-refractivity contribution is -0.385. The van der Waals surface area contributed by atoms with Crippen molar-refractivity contribution >= 4 is 35.3 Å². The summed E-state index contributed by atoms with van der Waals surface area (Å²) in [4.78, 5) is 48.9. The first-order chi connectivity index (χ1) is 17.8. The van der Waals surface area contributed by atoms with Crippen molar-refractivity contribution < 1.29 is 33.2 Å².